The van der Waals surface area contributed by atoms with Gasteiger partial charge in [-0.3, -0.25) is 5.32 Å². The van der Waals surface area contributed by atoms with Crippen LogP contribution in [0.15, 0.2) is 12.1 Å². The highest BCUT2D eigenvalue weighted by atomic mass is 19.4. The number of nitrogens with one attached hydrogen (secondary N) is 1. The van der Waals surface area contributed by atoms with Gasteiger partial charge in [0.05, 0.1) is 23.3 Å². The third-order valence-corrected chi connectivity index (χ3v) is 3.15. The Balaban J connectivity index is 2.58. The quantitative estimate of drug-likeness (QED) is 0.833. The van der Waals surface area contributed by atoms with Crippen LogP contribution in [0, 0.1) is 11.7 Å². The van der Waals surface area contributed by atoms with Crippen LogP contribution in [0.3, 0.4) is 0 Å². The molecule has 0 radical (unpaired) electrons. The lowest BCUT2D eigenvalue weighted by atomic mass is 10.2. The molecule has 0 aliphatic carbocycles. The second kappa shape index (κ2) is 6.66. The Kier molecular flexibility index (Phi) is 5.00. The Morgan fingerprint density at radius 1 is 1.38 bits per heavy atom. The molecule has 2 aromatic rings. The number of anilines is 1. The third-order valence-electron chi connectivity index (χ3n) is 3.15. The van der Waals surface area contributed by atoms with Crippen LogP contribution < -0.4 is 5.32 Å². The smallest absolute Gasteiger partial charge is 0.449 e. The Labute approximate surface area is 135 Å². The molecule has 1 heterocycles. The van der Waals surface area contributed by atoms with Crippen molar-refractivity contribution in [1.82, 2.24) is 9.55 Å². The van der Waals surface area contributed by atoms with E-state index < -0.39 is 23.9 Å². The fraction of sp³-hybridized carbons (Fsp3) is 0.467. The molecule has 2 rings (SSSR count). The van der Waals surface area contributed by atoms with Crippen molar-refractivity contribution < 1.29 is 27.1 Å². The first-order valence-electron chi connectivity index (χ1n) is 7.34. The van der Waals surface area contributed by atoms with Crippen molar-refractivity contribution in [3.63, 3.8) is 0 Å². The largest absolute Gasteiger partial charge is 0.450 e. The molecule has 0 saturated heterocycles. The average Bonchev–Trinajstić information content (AvgIpc) is 2.77. The second-order valence-electron chi connectivity index (χ2n) is 5.60. The predicted molar refractivity (Wildman–Crippen MR) is 80.2 cm³/mol. The van der Waals surface area contributed by atoms with Crippen molar-refractivity contribution in [2.45, 2.75) is 33.5 Å². The van der Waals surface area contributed by atoms with Crippen LogP contribution in [0.1, 0.15) is 26.6 Å². The summed E-state index contributed by atoms with van der Waals surface area (Å²) in [6.45, 7) is 5.22. The minimum absolute atomic E-state index is 0.0514. The molecular weight excluding hydrogens is 330 g/mol. The number of carbonyl (C=O) groups is 1. The van der Waals surface area contributed by atoms with Gasteiger partial charge in [-0.25, -0.2) is 14.2 Å². The first-order chi connectivity index (χ1) is 11.1. The zero-order chi connectivity index (χ0) is 18.1. The fourth-order valence-electron chi connectivity index (χ4n) is 2.28. The van der Waals surface area contributed by atoms with Crippen LogP contribution in [0.4, 0.5) is 28.0 Å². The normalized spacial score (nSPS) is 12.0. The number of amides is 1. The number of hydrogen-bond donors (Lipinski definition) is 1. The SMILES string of the molecule is CCOC(=O)Nc1cc2c(cc1F)nc(C(F)(F)F)n2CC(C)C. The first kappa shape index (κ1) is 18.0. The summed E-state index contributed by atoms with van der Waals surface area (Å²) in [5, 5.41) is 2.17. The second-order valence-corrected chi connectivity index (χ2v) is 5.60. The topological polar surface area (TPSA) is 56.1 Å². The Hall–Kier alpha value is -2.32. The van der Waals surface area contributed by atoms with Gasteiger partial charge in [-0.15, -0.1) is 0 Å². The molecule has 0 bridgehead atoms. The molecular formula is C15H17F4N3O2. The number of carbonyl (C=O) groups excluding carboxylic acids is 1. The highest BCUT2D eigenvalue weighted by molar-refractivity contribution is 5.89. The molecule has 132 valence electrons. The number of rotatable bonds is 4. The maximum absolute atomic E-state index is 14.0. The van der Waals surface area contributed by atoms with E-state index in [0.717, 1.165) is 16.7 Å². The van der Waals surface area contributed by atoms with Crippen LogP contribution in [-0.4, -0.2) is 22.3 Å². The fourth-order valence-corrected chi connectivity index (χ4v) is 2.28. The minimum atomic E-state index is -4.67. The summed E-state index contributed by atoms with van der Waals surface area (Å²) in [6.07, 6.45) is -5.55. The van der Waals surface area contributed by atoms with E-state index in [1.807, 2.05) is 0 Å². The van der Waals surface area contributed by atoms with Crippen molar-refractivity contribution in [2.24, 2.45) is 5.92 Å². The van der Waals surface area contributed by atoms with Crippen LogP contribution >= 0.6 is 0 Å². The number of aromatic nitrogens is 2. The van der Waals surface area contributed by atoms with E-state index >= 15 is 0 Å². The average molecular weight is 347 g/mol. The van der Waals surface area contributed by atoms with Crippen molar-refractivity contribution >= 4 is 22.8 Å². The minimum Gasteiger partial charge on any atom is -0.450 e. The summed E-state index contributed by atoms with van der Waals surface area (Å²) in [5.74, 6) is -2.08. The highest BCUT2D eigenvalue weighted by Crippen LogP contribution is 2.33. The number of nitrogens with zero attached hydrogens (tertiary/aromatic N) is 2. The van der Waals surface area contributed by atoms with E-state index in [4.69, 9.17) is 0 Å². The molecule has 24 heavy (non-hydrogen) atoms. The van der Waals surface area contributed by atoms with Crippen molar-refractivity contribution in [2.75, 3.05) is 11.9 Å². The van der Waals surface area contributed by atoms with E-state index in [-0.39, 0.29) is 35.8 Å². The van der Waals surface area contributed by atoms with Crippen molar-refractivity contribution in [1.29, 1.82) is 0 Å². The number of hydrogen-bond acceptors (Lipinski definition) is 3. The third kappa shape index (κ3) is 3.77. The number of halogens is 4. The molecule has 1 amide bonds. The van der Waals surface area contributed by atoms with Gasteiger partial charge >= 0.3 is 12.3 Å². The molecule has 0 atom stereocenters. The van der Waals surface area contributed by atoms with Crippen LogP contribution in [-0.2, 0) is 17.5 Å². The van der Waals surface area contributed by atoms with Gasteiger partial charge in [0.1, 0.15) is 5.82 Å². The van der Waals surface area contributed by atoms with Gasteiger partial charge in [-0.2, -0.15) is 13.2 Å². The zero-order valence-corrected chi connectivity index (χ0v) is 13.4. The molecule has 1 aromatic heterocycles. The van der Waals surface area contributed by atoms with Gasteiger partial charge in [0.2, 0.25) is 5.82 Å². The molecule has 9 heteroatoms. The number of alkyl halides is 3. The van der Waals surface area contributed by atoms with Crippen molar-refractivity contribution in [3.8, 4) is 0 Å². The van der Waals surface area contributed by atoms with E-state index in [1.54, 1.807) is 20.8 Å². The van der Waals surface area contributed by atoms with Crippen LogP contribution in [0.5, 0.6) is 0 Å². The van der Waals surface area contributed by atoms with Gasteiger partial charge < -0.3 is 9.30 Å². The first-order valence-corrected chi connectivity index (χ1v) is 7.34. The molecule has 5 nitrogen and oxygen atoms in total. The summed E-state index contributed by atoms with van der Waals surface area (Å²) in [4.78, 5) is 14.9. The molecule has 1 aromatic carbocycles. The summed E-state index contributed by atoms with van der Waals surface area (Å²) in [5.41, 5.74) is -0.307. The summed E-state index contributed by atoms with van der Waals surface area (Å²) in [6, 6.07) is 2.00. The van der Waals surface area contributed by atoms with Crippen LogP contribution in [0.25, 0.3) is 11.0 Å². The monoisotopic (exact) mass is 347 g/mol. The van der Waals surface area contributed by atoms with E-state index in [9.17, 15) is 22.4 Å². The van der Waals surface area contributed by atoms with Gasteiger partial charge in [-0.1, -0.05) is 13.8 Å². The summed E-state index contributed by atoms with van der Waals surface area (Å²) in [7, 11) is 0. The van der Waals surface area contributed by atoms with Gasteiger partial charge in [0.15, 0.2) is 0 Å². The van der Waals surface area contributed by atoms with Crippen molar-refractivity contribution in [3.05, 3.63) is 23.8 Å². The zero-order valence-electron chi connectivity index (χ0n) is 13.4. The van der Waals surface area contributed by atoms with Gasteiger partial charge in [-0.05, 0) is 18.9 Å². The number of imidazole rings is 1. The Morgan fingerprint density at radius 3 is 2.58 bits per heavy atom. The molecule has 0 spiro atoms. The lowest BCUT2D eigenvalue weighted by Gasteiger charge is -2.14. The number of ether oxygens (including phenoxy) is 1. The Morgan fingerprint density at radius 2 is 2.04 bits per heavy atom. The predicted octanol–water partition coefficient (Wildman–Crippen LogP) is 4.42. The standard InChI is InChI=1S/C15H17F4N3O2/c1-4-24-14(23)21-10-6-12-11(5-9(10)16)20-13(15(17,18)19)22(12)7-8(2)3/h5-6,8H,4,7H2,1-3H3,(H,21,23). The molecule has 0 fully saturated rings. The Bertz CT molecular complexity index is 753. The van der Waals surface area contributed by atoms with Gasteiger partial charge in [0.25, 0.3) is 0 Å². The summed E-state index contributed by atoms with van der Waals surface area (Å²) >= 11 is 0. The maximum Gasteiger partial charge on any atom is 0.449 e. The van der Waals surface area contributed by atoms with E-state index in [2.05, 4.69) is 15.0 Å². The molecule has 0 unspecified atom stereocenters. The number of fused-ring (bicyclic) bond motifs is 1. The molecule has 0 aliphatic rings. The maximum atomic E-state index is 14.0. The lowest BCUT2D eigenvalue weighted by Crippen LogP contribution is -2.17. The van der Waals surface area contributed by atoms with Crippen LogP contribution in [0.2, 0.25) is 0 Å². The molecule has 0 saturated carbocycles. The summed E-state index contributed by atoms with van der Waals surface area (Å²) < 4.78 is 59.2. The molecule has 1 N–H and O–H groups in total. The van der Waals surface area contributed by atoms with E-state index in [1.165, 1.54) is 0 Å². The lowest BCUT2D eigenvalue weighted by molar-refractivity contribution is -0.147. The van der Waals surface area contributed by atoms with Gasteiger partial charge in [0, 0.05) is 12.6 Å². The van der Waals surface area contributed by atoms with E-state index in [0.29, 0.717) is 0 Å². The highest BCUT2D eigenvalue weighted by Gasteiger charge is 2.38. The molecule has 0 aliphatic heterocycles. The number of benzene rings is 1.